The molecule has 0 saturated carbocycles. The zero-order chi connectivity index (χ0) is 33.0. The van der Waals surface area contributed by atoms with Crippen LogP contribution in [0.3, 0.4) is 0 Å². The lowest BCUT2D eigenvalue weighted by Gasteiger charge is -2.12. The van der Waals surface area contributed by atoms with Crippen LogP contribution in [0.4, 0.5) is 10.7 Å². The number of benzene rings is 4. The number of anilines is 2. The number of hydrogen-bond donors (Lipinski definition) is 3. The van der Waals surface area contributed by atoms with Crippen molar-refractivity contribution in [3.8, 4) is 11.1 Å². The van der Waals surface area contributed by atoms with Crippen molar-refractivity contribution in [3.63, 3.8) is 0 Å². The molecule has 236 valence electrons. The van der Waals surface area contributed by atoms with E-state index in [1.165, 1.54) is 23.1 Å². The molecule has 0 aliphatic carbocycles. The number of thioether (sulfide) groups is 1. The molecule has 0 radical (unpaired) electrons. The Kier molecular flexibility index (Phi) is 11.4. The molecule has 0 unspecified atom stereocenters. The van der Waals surface area contributed by atoms with Crippen LogP contribution in [0.15, 0.2) is 131 Å². The van der Waals surface area contributed by atoms with Crippen LogP contribution in [-0.4, -0.2) is 36.1 Å². The number of carbonyl (C=O) groups is 4. The van der Waals surface area contributed by atoms with Crippen molar-refractivity contribution in [2.75, 3.05) is 23.0 Å². The minimum absolute atomic E-state index is 0.0600. The maximum Gasteiger partial charge on any atom is 0.341 e. The number of thiophene rings is 1. The highest BCUT2D eigenvalue weighted by Gasteiger charge is 2.23. The molecule has 0 fully saturated rings. The molecule has 0 spiro atoms. The topological polar surface area (TPSA) is 114 Å². The van der Waals surface area contributed by atoms with Crippen molar-refractivity contribution in [1.29, 1.82) is 0 Å². The quantitative estimate of drug-likeness (QED) is 0.0717. The van der Waals surface area contributed by atoms with E-state index in [1.807, 2.05) is 78.2 Å². The van der Waals surface area contributed by atoms with Crippen molar-refractivity contribution in [2.45, 2.75) is 11.8 Å². The summed E-state index contributed by atoms with van der Waals surface area (Å²) in [5.74, 6) is -1.65. The smallest absolute Gasteiger partial charge is 0.341 e. The normalized spacial score (nSPS) is 11.0. The number of esters is 1. The number of rotatable bonds is 12. The summed E-state index contributed by atoms with van der Waals surface area (Å²) >= 11 is 2.54. The van der Waals surface area contributed by atoms with E-state index in [9.17, 15) is 19.2 Å². The van der Waals surface area contributed by atoms with Gasteiger partial charge in [0.05, 0.1) is 12.4 Å². The SMILES string of the molecule is CCOC(=O)c1c(-c2ccccc2)csc1NC(=O)CSc1cccc(NC(=O)/C(=C/c2ccccc2)NC(=O)c2ccccc2)c1. The van der Waals surface area contributed by atoms with Gasteiger partial charge in [0.1, 0.15) is 16.3 Å². The van der Waals surface area contributed by atoms with Gasteiger partial charge in [0.2, 0.25) is 5.91 Å². The van der Waals surface area contributed by atoms with Crippen molar-refractivity contribution < 1.29 is 23.9 Å². The number of amides is 3. The molecular formula is C37H31N3O5S2. The fourth-order valence-corrected chi connectivity index (χ4v) is 6.25. The van der Waals surface area contributed by atoms with Crippen LogP contribution in [-0.2, 0) is 14.3 Å². The third-order valence-corrected chi connectivity index (χ3v) is 8.60. The molecule has 1 heterocycles. The Morgan fingerprint density at radius 1 is 0.809 bits per heavy atom. The lowest BCUT2D eigenvalue weighted by atomic mass is 10.0. The Morgan fingerprint density at radius 2 is 1.49 bits per heavy atom. The van der Waals surface area contributed by atoms with Gasteiger partial charge in [0, 0.05) is 27.1 Å². The molecule has 1 aromatic heterocycles. The molecule has 3 amide bonds. The Balaban J connectivity index is 1.26. The summed E-state index contributed by atoms with van der Waals surface area (Å²) in [6, 6.07) is 34.4. The summed E-state index contributed by atoms with van der Waals surface area (Å²) in [6.45, 7) is 1.95. The summed E-state index contributed by atoms with van der Waals surface area (Å²) in [5, 5.41) is 10.7. The van der Waals surface area contributed by atoms with Crippen LogP contribution in [0, 0.1) is 0 Å². The maximum atomic E-state index is 13.4. The van der Waals surface area contributed by atoms with E-state index in [1.54, 1.807) is 55.5 Å². The Labute approximate surface area is 280 Å². The van der Waals surface area contributed by atoms with E-state index in [-0.39, 0.29) is 24.0 Å². The molecule has 0 aliphatic rings. The highest BCUT2D eigenvalue weighted by Crippen LogP contribution is 2.36. The van der Waals surface area contributed by atoms with Crippen molar-refractivity contribution in [1.82, 2.24) is 5.32 Å². The summed E-state index contributed by atoms with van der Waals surface area (Å²) in [5.41, 5.74) is 3.60. The Bertz CT molecular complexity index is 1890. The first-order chi connectivity index (χ1) is 22.9. The molecule has 5 rings (SSSR count). The van der Waals surface area contributed by atoms with E-state index in [0.29, 0.717) is 27.4 Å². The fourth-order valence-electron chi connectivity index (χ4n) is 4.52. The van der Waals surface area contributed by atoms with E-state index in [4.69, 9.17) is 4.74 Å². The molecule has 10 heteroatoms. The van der Waals surface area contributed by atoms with Crippen molar-refractivity contribution in [3.05, 3.63) is 143 Å². The van der Waals surface area contributed by atoms with Gasteiger partial charge in [-0.15, -0.1) is 23.1 Å². The molecule has 0 atom stereocenters. The summed E-state index contributed by atoms with van der Waals surface area (Å²) < 4.78 is 5.29. The minimum atomic E-state index is -0.503. The fraction of sp³-hybridized carbons (Fsp3) is 0.0811. The van der Waals surface area contributed by atoms with Gasteiger partial charge in [0.25, 0.3) is 11.8 Å². The largest absolute Gasteiger partial charge is 0.462 e. The second-order valence-corrected chi connectivity index (χ2v) is 12.0. The molecule has 5 aromatic rings. The lowest BCUT2D eigenvalue weighted by Crippen LogP contribution is -2.30. The predicted octanol–water partition coefficient (Wildman–Crippen LogP) is 7.73. The Morgan fingerprint density at radius 3 is 2.19 bits per heavy atom. The van der Waals surface area contributed by atoms with E-state index >= 15 is 0 Å². The molecule has 0 bridgehead atoms. The van der Waals surface area contributed by atoms with Crippen molar-refractivity contribution in [2.24, 2.45) is 0 Å². The number of carbonyl (C=O) groups excluding carboxylic acids is 4. The first-order valence-corrected chi connectivity index (χ1v) is 16.6. The summed E-state index contributed by atoms with van der Waals surface area (Å²) in [4.78, 5) is 52.9. The van der Waals surface area contributed by atoms with Gasteiger partial charge < -0.3 is 20.7 Å². The zero-order valence-electron chi connectivity index (χ0n) is 25.4. The molecule has 4 aromatic carbocycles. The average molecular weight is 662 g/mol. The zero-order valence-corrected chi connectivity index (χ0v) is 27.0. The van der Waals surface area contributed by atoms with Crippen LogP contribution >= 0.6 is 23.1 Å². The lowest BCUT2D eigenvalue weighted by molar-refractivity contribution is -0.114. The van der Waals surface area contributed by atoms with Gasteiger partial charge >= 0.3 is 5.97 Å². The van der Waals surface area contributed by atoms with Gasteiger partial charge in [-0.3, -0.25) is 14.4 Å². The predicted molar refractivity (Wildman–Crippen MR) is 188 cm³/mol. The monoisotopic (exact) mass is 661 g/mol. The number of ether oxygens (including phenoxy) is 1. The molecule has 3 N–H and O–H groups in total. The van der Waals surface area contributed by atoms with Crippen molar-refractivity contribution >= 4 is 63.6 Å². The first kappa shape index (κ1) is 32.9. The molecule has 8 nitrogen and oxygen atoms in total. The van der Waals surface area contributed by atoms with Crippen LogP contribution in [0.2, 0.25) is 0 Å². The number of hydrogen-bond acceptors (Lipinski definition) is 7. The van der Waals surface area contributed by atoms with E-state index in [0.717, 1.165) is 16.0 Å². The van der Waals surface area contributed by atoms with E-state index in [2.05, 4.69) is 16.0 Å². The molecule has 47 heavy (non-hydrogen) atoms. The highest BCUT2D eigenvalue weighted by atomic mass is 32.2. The third kappa shape index (κ3) is 9.06. The second-order valence-electron chi connectivity index (χ2n) is 10.0. The molecule has 0 aliphatic heterocycles. The third-order valence-electron chi connectivity index (χ3n) is 6.71. The van der Waals surface area contributed by atoms with Crippen LogP contribution in [0.1, 0.15) is 33.2 Å². The van der Waals surface area contributed by atoms with Gasteiger partial charge in [-0.1, -0.05) is 84.9 Å². The van der Waals surface area contributed by atoms with Crippen LogP contribution in [0.5, 0.6) is 0 Å². The van der Waals surface area contributed by atoms with Gasteiger partial charge in [0.15, 0.2) is 0 Å². The van der Waals surface area contributed by atoms with Crippen LogP contribution < -0.4 is 16.0 Å². The molecular weight excluding hydrogens is 631 g/mol. The average Bonchev–Trinajstić information content (AvgIpc) is 3.52. The summed E-state index contributed by atoms with van der Waals surface area (Å²) in [6.07, 6.45) is 1.61. The highest BCUT2D eigenvalue weighted by molar-refractivity contribution is 8.00. The van der Waals surface area contributed by atoms with Gasteiger partial charge in [-0.25, -0.2) is 4.79 Å². The summed E-state index contributed by atoms with van der Waals surface area (Å²) in [7, 11) is 0. The standard InChI is InChI=1S/C37H31N3O5S2/c1-2-45-37(44)33-30(26-15-8-4-9-16-26)23-47-36(33)40-32(41)24-46-29-20-12-19-28(22-29)38-35(43)31(21-25-13-6-3-7-14-25)39-34(42)27-17-10-5-11-18-27/h3-23H,2,24H2,1H3,(H,38,43)(H,39,42)(H,40,41)/b31-21-. The first-order valence-electron chi connectivity index (χ1n) is 14.7. The van der Waals surface area contributed by atoms with Gasteiger partial charge in [-0.05, 0) is 54.5 Å². The second kappa shape index (κ2) is 16.2. The Hall–Kier alpha value is -5.45. The number of nitrogens with one attached hydrogen (secondary N) is 3. The maximum absolute atomic E-state index is 13.4. The molecule has 0 saturated heterocycles. The van der Waals surface area contributed by atoms with E-state index < -0.39 is 17.8 Å². The minimum Gasteiger partial charge on any atom is -0.462 e. The van der Waals surface area contributed by atoms with Gasteiger partial charge in [-0.2, -0.15) is 0 Å². The van der Waals surface area contributed by atoms with Crippen LogP contribution in [0.25, 0.3) is 17.2 Å².